The van der Waals surface area contributed by atoms with Gasteiger partial charge < -0.3 is 4.74 Å². The number of rotatable bonds is 3. The predicted molar refractivity (Wildman–Crippen MR) is 59.7 cm³/mol. The molecule has 0 saturated heterocycles. The molecule has 0 fully saturated rings. The van der Waals surface area contributed by atoms with Crippen LogP contribution in [0.4, 0.5) is 10.5 Å². The van der Waals surface area contributed by atoms with Crippen LogP contribution in [0.3, 0.4) is 0 Å². The van der Waals surface area contributed by atoms with Crippen LogP contribution >= 0.6 is 0 Å². The minimum Gasteiger partial charge on any atom is -0.409 e. The molecule has 0 radical (unpaired) electrons. The van der Waals surface area contributed by atoms with Gasteiger partial charge in [-0.25, -0.2) is 15.5 Å². The Morgan fingerprint density at radius 3 is 2.31 bits per heavy atom. The maximum absolute atomic E-state index is 10.7. The van der Waals surface area contributed by atoms with Gasteiger partial charge in [-0.3, -0.25) is 5.43 Å². The fraction of sp³-hybridized carbons (Fsp3) is 0.300. The molecule has 0 aromatic heterocycles. The summed E-state index contributed by atoms with van der Waals surface area (Å²) in [7, 11) is 1.56. The van der Waals surface area contributed by atoms with E-state index in [1.807, 2.05) is 19.3 Å². The van der Waals surface area contributed by atoms with Crippen molar-refractivity contribution in [2.45, 2.75) is 13.8 Å². The van der Waals surface area contributed by atoms with Crippen LogP contribution in [0, 0.1) is 0 Å². The molecule has 0 spiro atoms. The first-order valence-electron chi connectivity index (χ1n) is 4.91. The lowest BCUT2D eigenvalue weighted by Gasteiger charge is -2.02. The van der Waals surface area contributed by atoms with Crippen LogP contribution in [0.1, 0.15) is 13.8 Å². The quantitative estimate of drug-likeness (QED) is 0.303. The second-order valence-corrected chi connectivity index (χ2v) is 2.46. The Hall–Kier alpha value is -1.63. The highest BCUT2D eigenvalue weighted by Gasteiger charge is 2.02. The Morgan fingerprint density at radius 1 is 1.31 bits per heavy atom. The fourth-order valence-corrected chi connectivity index (χ4v) is 0.887. The standard InChI is InChI=1S/C8H11N3O3.C2H6/c1-13-11-6-2-4-7(5-3-6)14-8(12)10-9;1-2/h2-5,11H,9H2,1H3,(H,10,12);1-2H3/p+1. The average molecular weight is 228 g/mol. The van der Waals surface area contributed by atoms with E-state index in [0.717, 1.165) is 5.69 Å². The summed E-state index contributed by atoms with van der Waals surface area (Å²) < 4.78 is 4.77. The minimum absolute atomic E-state index is 0.418. The van der Waals surface area contributed by atoms with Crippen molar-refractivity contribution in [3.8, 4) is 5.75 Å². The highest BCUT2D eigenvalue weighted by Crippen LogP contribution is 2.12. The van der Waals surface area contributed by atoms with Gasteiger partial charge in [-0.2, -0.15) is 5.48 Å². The third-order valence-corrected chi connectivity index (χ3v) is 1.46. The molecule has 0 bridgehead atoms. The molecule has 0 aliphatic heterocycles. The average Bonchev–Trinajstić information content (AvgIpc) is 2.34. The Balaban J connectivity index is 0.00000106. The molecule has 6 heteroatoms. The normalized spacial score (nSPS) is 8.75. The molecular weight excluding hydrogens is 210 g/mol. The van der Waals surface area contributed by atoms with E-state index in [2.05, 4.69) is 0 Å². The van der Waals surface area contributed by atoms with Crippen LogP contribution in [-0.2, 0) is 4.84 Å². The van der Waals surface area contributed by atoms with Crippen molar-refractivity contribution in [3.05, 3.63) is 24.3 Å². The molecule has 1 rings (SSSR count). The van der Waals surface area contributed by atoms with E-state index < -0.39 is 6.09 Å². The van der Waals surface area contributed by atoms with Crippen molar-refractivity contribution in [2.24, 2.45) is 5.84 Å². The SMILES string of the molecule is CC.CO[NH2+]c1ccc(OC(=O)NN)cc1. The maximum atomic E-state index is 10.7. The van der Waals surface area contributed by atoms with E-state index in [0.29, 0.717) is 5.75 Å². The number of ether oxygens (including phenoxy) is 1. The summed E-state index contributed by atoms with van der Waals surface area (Å²) in [6.07, 6.45) is -0.700. The zero-order chi connectivity index (χ0) is 12.4. The number of quaternary nitrogens is 1. The van der Waals surface area contributed by atoms with Gasteiger partial charge in [0, 0.05) is 12.1 Å². The summed E-state index contributed by atoms with van der Waals surface area (Å²) in [5.41, 5.74) is 4.32. The monoisotopic (exact) mass is 228 g/mol. The molecule has 0 saturated carbocycles. The van der Waals surface area contributed by atoms with Crippen molar-refractivity contribution in [3.63, 3.8) is 0 Å². The van der Waals surface area contributed by atoms with Gasteiger partial charge in [-0.05, 0) is 12.1 Å². The number of benzene rings is 1. The first kappa shape index (κ1) is 14.4. The van der Waals surface area contributed by atoms with E-state index in [1.54, 1.807) is 36.9 Å². The molecule has 0 unspecified atom stereocenters. The van der Waals surface area contributed by atoms with Crippen molar-refractivity contribution < 1.29 is 19.8 Å². The van der Waals surface area contributed by atoms with Gasteiger partial charge in [0.2, 0.25) is 0 Å². The number of hydrazine groups is 1. The number of hydrogen-bond donors (Lipinski definition) is 3. The largest absolute Gasteiger partial charge is 0.426 e. The molecule has 0 aliphatic rings. The molecule has 1 aromatic rings. The molecule has 0 heterocycles. The Labute approximate surface area is 94.6 Å². The van der Waals surface area contributed by atoms with Crippen LogP contribution in [-0.4, -0.2) is 13.2 Å². The lowest BCUT2D eigenvalue weighted by atomic mass is 10.3. The number of nitrogens with one attached hydrogen (secondary N) is 1. The van der Waals surface area contributed by atoms with Crippen LogP contribution in [0.25, 0.3) is 0 Å². The molecule has 1 amide bonds. The zero-order valence-corrected chi connectivity index (χ0v) is 9.69. The Morgan fingerprint density at radius 2 is 1.88 bits per heavy atom. The van der Waals surface area contributed by atoms with E-state index in [1.165, 1.54) is 0 Å². The van der Waals surface area contributed by atoms with Gasteiger partial charge in [0.1, 0.15) is 5.75 Å². The predicted octanol–water partition coefficient (Wildman–Crippen LogP) is 0.431. The van der Waals surface area contributed by atoms with E-state index in [4.69, 9.17) is 15.4 Å². The van der Waals surface area contributed by atoms with Crippen molar-refractivity contribution in [1.29, 1.82) is 0 Å². The number of carbonyl (C=O) groups excluding carboxylic acids is 1. The summed E-state index contributed by atoms with van der Waals surface area (Å²) >= 11 is 0. The molecular formula is C10H18N3O3+. The highest BCUT2D eigenvalue weighted by atomic mass is 16.6. The van der Waals surface area contributed by atoms with Crippen molar-refractivity contribution in [2.75, 3.05) is 7.11 Å². The molecule has 90 valence electrons. The first-order chi connectivity index (χ1) is 7.76. The first-order valence-corrected chi connectivity index (χ1v) is 4.91. The minimum atomic E-state index is -0.700. The van der Waals surface area contributed by atoms with Gasteiger partial charge in [-0.15, -0.1) is 0 Å². The van der Waals surface area contributed by atoms with Crippen LogP contribution in [0.2, 0.25) is 0 Å². The van der Waals surface area contributed by atoms with E-state index >= 15 is 0 Å². The van der Waals surface area contributed by atoms with E-state index in [-0.39, 0.29) is 0 Å². The van der Waals surface area contributed by atoms with Gasteiger partial charge in [0.15, 0.2) is 5.69 Å². The van der Waals surface area contributed by atoms with E-state index in [9.17, 15) is 4.79 Å². The van der Waals surface area contributed by atoms with Crippen LogP contribution < -0.4 is 21.5 Å². The summed E-state index contributed by atoms with van der Waals surface area (Å²) in [5, 5.41) is 0. The molecule has 5 N–H and O–H groups in total. The summed E-state index contributed by atoms with van der Waals surface area (Å²) in [4.78, 5) is 15.5. The second-order valence-electron chi connectivity index (χ2n) is 2.46. The van der Waals surface area contributed by atoms with Crippen molar-refractivity contribution >= 4 is 11.8 Å². The zero-order valence-electron chi connectivity index (χ0n) is 9.69. The number of amides is 1. The molecule has 0 atom stereocenters. The fourth-order valence-electron chi connectivity index (χ4n) is 0.887. The lowest BCUT2D eigenvalue weighted by molar-refractivity contribution is -0.830. The number of nitrogens with two attached hydrogens (primary N) is 2. The summed E-state index contributed by atoms with van der Waals surface area (Å²) in [6, 6.07) is 6.78. The van der Waals surface area contributed by atoms with Gasteiger partial charge in [0.25, 0.3) is 0 Å². The Kier molecular flexibility index (Phi) is 7.78. The van der Waals surface area contributed by atoms with Crippen molar-refractivity contribution in [1.82, 2.24) is 5.43 Å². The smallest absolute Gasteiger partial charge is 0.409 e. The second kappa shape index (κ2) is 8.66. The lowest BCUT2D eigenvalue weighted by Crippen LogP contribution is -2.75. The summed E-state index contributed by atoms with van der Waals surface area (Å²) in [5.74, 6) is 5.26. The molecule has 1 aromatic carbocycles. The Bertz CT molecular complexity index is 301. The van der Waals surface area contributed by atoms with Gasteiger partial charge in [-0.1, -0.05) is 13.8 Å². The third-order valence-electron chi connectivity index (χ3n) is 1.46. The summed E-state index contributed by atoms with van der Waals surface area (Å²) in [6.45, 7) is 4.00. The highest BCUT2D eigenvalue weighted by molar-refractivity contribution is 5.69. The maximum Gasteiger partial charge on any atom is 0.426 e. The number of carbonyl (C=O) groups is 1. The number of hydrogen-bond acceptors (Lipinski definition) is 4. The van der Waals surface area contributed by atoms with Crippen LogP contribution in [0.5, 0.6) is 5.75 Å². The topological polar surface area (TPSA) is 90.2 Å². The van der Waals surface area contributed by atoms with Gasteiger partial charge >= 0.3 is 6.09 Å². The van der Waals surface area contributed by atoms with Crippen LogP contribution in [0.15, 0.2) is 24.3 Å². The molecule has 16 heavy (non-hydrogen) atoms. The van der Waals surface area contributed by atoms with Gasteiger partial charge in [0.05, 0.1) is 7.11 Å². The molecule has 6 nitrogen and oxygen atoms in total. The molecule has 0 aliphatic carbocycles. The third kappa shape index (κ3) is 5.30.